The SMILES string of the molecule is O=C(CCCCNc1ccc(C(F)(F)F)cn1)NC1CCC(O)CC1. The molecular formula is C17H24F3N3O2. The molecule has 8 heteroatoms. The molecule has 0 bridgehead atoms. The highest BCUT2D eigenvalue weighted by Crippen LogP contribution is 2.28. The second-order valence-electron chi connectivity index (χ2n) is 6.39. The first-order chi connectivity index (χ1) is 11.8. The van der Waals surface area contributed by atoms with E-state index < -0.39 is 11.7 Å². The van der Waals surface area contributed by atoms with Crippen LogP contribution in [0.1, 0.15) is 50.5 Å². The van der Waals surface area contributed by atoms with Gasteiger partial charge in [0, 0.05) is 25.2 Å². The first kappa shape index (κ1) is 19.5. The number of hydrogen-bond acceptors (Lipinski definition) is 4. The van der Waals surface area contributed by atoms with Gasteiger partial charge in [0.25, 0.3) is 0 Å². The molecule has 1 aromatic rings. The molecule has 1 amide bonds. The summed E-state index contributed by atoms with van der Waals surface area (Å²) in [7, 11) is 0. The van der Waals surface area contributed by atoms with Gasteiger partial charge in [-0.15, -0.1) is 0 Å². The van der Waals surface area contributed by atoms with Crippen molar-refractivity contribution in [3.63, 3.8) is 0 Å². The molecule has 0 saturated heterocycles. The van der Waals surface area contributed by atoms with E-state index in [1.807, 2.05) is 0 Å². The number of unbranched alkanes of at least 4 members (excludes halogenated alkanes) is 1. The van der Waals surface area contributed by atoms with Gasteiger partial charge in [0.1, 0.15) is 5.82 Å². The maximum atomic E-state index is 12.4. The van der Waals surface area contributed by atoms with Crippen LogP contribution in [0, 0.1) is 0 Å². The molecule has 3 N–H and O–H groups in total. The Bertz CT molecular complexity index is 541. The van der Waals surface area contributed by atoms with Gasteiger partial charge in [0.2, 0.25) is 5.91 Å². The largest absolute Gasteiger partial charge is 0.417 e. The number of rotatable bonds is 7. The fourth-order valence-corrected chi connectivity index (χ4v) is 2.81. The summed E-state index contributed by atoms with van der Waals surface area (Å²) in [6.07, 6.45) is 1.10. The lowest BCUT2D eigenvalue weighted by Gasteiger charge is -2.26. The summed E-state index contributed by atoms with van der Waals surface area (Å²) >= 11 is 0. The molecule has 1 aliphatic rings. The Labute approximate surface area is 145 Å². The molecule has 140 valence electrons. The van der Waals surface area contributed by atoms with Crippen LogP contribution in [0.2, 0.25) is 0 Å². The number of aromatic nitrogens is 1. The van der Waals surface area contributed by atoms with E-state index in [2.05, 4.69) is 15.6 Å². The third kappa shape index (κ3) is 6.89. The van der Waals surface area contributed by atoms with Crippen molar-refractivity contribution in [1.82, 2.24) is 10.3 Å². The van der Waals surface area contributed by atoms with Crippen LogP contribution in [0.15, 0.2) is 18.3 Å². The summed E-state index contributed by atoms with van der Waals surface area (Å²) in [5, 5.41) is 15.4. The monoisotopic (exact) mass is 359 g/mol. The van der Waals surface area contributed by atoms with Gasteiger partial charge in [-0.1, -0.05) is 0 Å². The number of aliphatic hydroxyl groups excluding tert-OH is 1. The molecule has 1 aliphatic carbocycles. The maximum absolute atomic E-state index is 12.4. The second-order valence-corrected chi connectivity index (χ2v) is 6.39. The number of carbonyl (C=O) groups is 1. The zero-order valence-corrected chi connectivity index (χ0v) is 14.0. The molecule has 0 unspecified atom stereocenters. The van der Waals surface area contributed by atoms with E-state index in [9.17, 15) is 23.1 Å². The van der Waals surface area contributed by atoms with Crippen LogP contribution in [0.5, 0.6) is 0 Å². The second kappa shape index (κ2) is 9.03. The van der Waals surface area contributed by atoms with Crippen molar-refractivity contribution in [2.24, 2.45) is 0 Å². The lowest BCUT2D eigenvalue weighted by Crippen LogP contribution is -2.38. The molecule has 0 aliphatic heterocycles. The van der Waals surface area contributed by atoms with Crippen LogP contribution in [0.4, 0.5) is 19.0 Å². The van der Waals surface area contributed by atoms with Crippen molar-refractivity contribution < 1.29 is 23.1 Å². The molecule has 1 saturated carbocycles. The Morgan fingerprint density at radius 2 is 1.92 bits per heavy atom. The molecule has 5 nitrogen and oxygen atoms in total. The summed E-state index contributed by atoms with van der Waals surface area (Å²) in [6.45, 7) is 0.543. The standard InChI is InChI=1S/C17H24F3N3O2/c18-17(19,20)12-4-9-15(22-11-12)21-10-2-1-3-16(25)23-13-5-7-14(24)8-6-13/h4,9,11,13-14,24H,1-3,5-8,10H2,(H,21,22)(H,23,25). The van der Waals surface area contributed by atoms with Crippen LogP contribution in [0.3, 0.4) is 0 Å². The molecule has 0 atom stereocenters. The molecule has 0 radical (unpaired) electrons. The number of aliphatic hydroxyl groups is 1. The fourth-order valence-electron chi connectivity index (χ4n) is 2.81. The van der Waals surface area contributed by atoms with Gasteiger partial charge in [-0.3, -0.25) is 4.79 Å². The van der Waals surface area contributed by atoms with Crippen molar-refractivity contribution in [3.8, 4) is 0 Å². The van der Waals surface area contributed by atoms with Crippen LogP contribution in [-0.2, 0) is 11.0 Å². The quantitative estimate of drug-likeness (QED) is 0.654. The van der Waals surface area contributed by atoms with Crippen molar-refractivity contribution >= 4 is 11.7 Å². The van der Waals surface area contributed by atoms with Gasteiger partial charge in [-0.25, -0.2) is 4.98 Å². The van der Waals surface area contributed by atoms with Crippen LogP contribution in [0.25, 0.3) is 0 Å². The summed E-state index contributed by atoms with van der Waals surface area (Å²) in [6, 6.07) is 2.45. The molecule has 0 aromatic carbocycles. The summed E-state index contributed by atoms with van der Waals surface area (Å²) in [4.78, 5) is 15.6. The Balaban J connectivity index is 1.57. The van der Waals surface area contributed by atoms with Crippen LogP contribution < -0.4 is 10.6 Å². The predicted molar refractivity (Wildman–Crippen MR) is 88.0 cm³/mol. The Morgan fingerprint density at radius 1 is 1.20 bits per heavy atom. The minimum atomic E-state index is -4.38. The highest BCUT2D eigenvalue weighted by molar-refractivity contribution is 5.76. The fraction of sp³-hybridized carbons (Fsp3) is 0.647. The average molecular weight is 359 g/mol. The molecule has 1 aromatic heterocycles. The molecule has 1 heterocycles. The van der Waals surface area contributed by atoms with E-state index in [0.29, 0.717) is 25.2 Å². The zero-order valence-electron chi connectivity index (χ0n) is 14.0. The number of halogens is 3. The molecular weight excluding hydrogens is 335 g/mol. The van der Waals surface area contributed by atoms with Gasteiger partial charge < -0.3 is 15.7 Å². The van der Waals surface area contributed by atoms with Gasteiger partial charge in [-0.05, 0) is 50.7 Å². The summed E-state index contributed by atoms with van der Waals surface area (Å²) in [5.74, 6) is 0.396. The smallest absolute Gasteiger partial charge is 0.393 e. The number of carbonyl (C=O) groups excluding carboxylic acids is 1. The van der Waals surface area contributed by atoms with E-state index >= 15 is 0 Å². The van der Waals surface area contributed by atoms with Crippen molar-refractivity contribution in [2.45, 2.75) is 63.3 Å². The lowest BCUT2D eigenvalue weighted by atomic mass is 9.93. The van der Waals surface area contributed by atoms with E-state index in [-0.39, 0.29) is 18.1 Å². The Hall–Kier alpha value is -1.83. The molecule has 2 rings (SSSR count). The number of nitrogens with zero attached hydrogens (tertiary/aromatic N) is 1. The number of anilines is 1. The molecule has 25 heavy (non-hydrogen) atoms. The third-order valence-electron chi connectivity index (χ3n) is 4.29. The first-order valence-corrected chi connectivity index (χ1v) is 8.59. The van der Waals surface area contributed by atoms with Crippen LogP contribution >= 0.6 is 0 Å². The van der Waals surface area contributed by atoms with Crippen molar-refractivity contribution in [1.29, 1.82) is 0 Å². The number of hydrogen-bond donors (Lipinski definition) is 3. The minimum Gasteiger partial charge on any atom is -0.393 e. The van der Waals surface area contributed by atoms with Crippen LogP contribution in [-0.4, -0.2) is 34.7 Å². The molecule has 1 fully saturated rings. The van der Waals surface area contributed by atoms with Gasteiger partial charge in [0.15, 0.2) is 0 Å². The number of alkyl halides is 3. The van der Waals surface area contributed by atoms with E-state index in [1.54, 1.807) is 0 Å². The van der Waals surface area contributed by atoms with Gasteiger partial charge in [-0.2, -0.15) is 13.2 Å². The summed E-state index contributed by atoms with van der Waals surface area (Å²) < 4.78 is 37.3. The van der Waals surface area contributed by atoms with E-state index in [0.717, 1.165) is 44.4 Å². The van der Waals surface area contributed by atoms with E-state index in [4.69, 9.17) is 0 Å². The highest BCUT2D eigenvalue weighted by atomic mass is 19.4. The normalized spacial score (nSPS) is 21.0. The average Bonchev–Trinajstić information content (AvgIpc) is 2.56. The minimum absolute atomic E-state index is 0.00837. The van der Waals surface area contributed by atoms with Crippen molar-refractivity contribution in [3.05, 3.63) is 23.9 Å². The summed E-state index contributed by atoms with van der Waals surface area (Å²) in [5.41, 5.74) is -0.773. The lowest BCUT2D eigenvalue weighted by molar-refractivity contribution is -0.137. The number of pyridine rings is 1. The highest BCUT2D eigenvalue weighted by Gasteiger charge is 2.30. The van der Waals surface area contributed by atoms with Gasteiger partial charge in [0.05, 0.1) is 11.7 Å². The van der Waals surface area contributed by atoms with Gasteiger partial charge >= 0.3 is 6.18 Å². The Kier molecular flexibility index (Phi) is 7.04. The zero-order chi connectivity index (χ0) is 18.3. The topological polar surface area (TPSA) is 74.2 Å². The number of nitrogens with one attached hydrogen (secondary N) is 2. The van der Waals surface area contributed by atoms with Crippen molar-refractivity contribution in [2.75, 3.05) is 11.9 Å². The molecule has 0 spiro atoms. The maximum Gasteiger partial charge on any atom is 0.417 e. The third-order valence-corrected chi connectivity index (χ3v) is 4.29. The van der Waals surface area contributed by atoms with E-state index in [1.165, 1.54) is 6.07 Å². The Morgan fingerprint density at radius 3 is 2.52 bits per heavy atom. The number of amides is 1. The first-order valence-electron chi connectivity index (χ1n) is 8.59. The predicted octanol–water partition coefficient (Wildman–Crippen LogP) is 3.10.